The van der Waals surface area contributed by atoms with Crippen LogP contribution < -0.4 is 0 Å². The third kappa shape index (κ3) is 5.17. The van der Waals surface area contributed by atoms with Crippen molar-refractivity contribution >= 4 is 9.12 Å². The first kappa shape index (κ1) is 18.1. The van der Waals surface area contributed by atoms with E-state index in [9.17, 15) is 0 Å². The maximum absolute atomic E-state index is 2.82. The Kier molecular flexibility index (Phi) is 8.10. The summed E-state index contributed by atoms with van der Waals surface area (Å²) in [5, 5.41) is 0. The van der Waals surface area contributed by atoms with Crippen LogP contribution in [0.2, 0.25) is 0 Å². The Morgan fingerprint density at radius 3 is 1.45 bits per heavy atom. The van der Waals surface area contributed by atoms with Crippen LogP contribution in [0.1, 0.15) is 33.6 Å². The van der Waals surface area contributed by atoms with Crippen LogP contribution in [-0.2, 0) is 0 Å². The molecule has 2 aliphatic rings. The third-order valence-corrected chi connectivity index (χ3v) is 8.26. The van der Waals surface area contributed by atoms with E-state index in [0.29, 0.717) is 0 Å². The van der Waals surface area contributed by atoms with Crippen molar-refractivity contribution in [2.45, 2.75) is 33.6 Å². The lowest BCUT2D eigenvalue weighted by atomic mass is 10.3. The maximum Gasteiger partial charge on any atom is 0.215 e. The summed E-state index contributed by atoms with van der Waals surface area (Å²) in [7, 11) is -1.06. The van der Waals surface area contributed by atoms with Gasteiger partial charge in [-0.3, -0.25) is 0 Å². The molecule has 0 aliphatic carbocycles. The van der Waals surface area contributed by atoms with Crippen LogP contribution in [0.4, 0.5) is 0 Å². The molecule has 0 atom stereocenters. The largest absolute Gasteiger partial charge is 0.308 e. The predicted octanol–water partition coefficient (Wildman–Crippen LogP) is 1.38. The zero-order chi connectivity index (χ0) is 15.8. The molecule has 0 saturated carbocycles. The van der Waals surface area contributed by atoms with Crippen molar-refractivity contribution in [3.8, 4) is 0 Å². The second-order valence-electron chi connectivity index (χ2n) is 6.69. The smallest absolute Gasteiger partial charge is 0.215 e. The minimum Gasteiger partial charge on any atom is -0.308 e. The zero-order valence-electron chi connectivity index (χ0n) is 15.0. The predicted molar refractivity (Wildman–Crippen MR) is 98.6 cm³/mol. The topological polar surface area (TPSA) is 13.0 Å². The number of hydrogen-bond acceptors (Lipinski definition) is 4. The first-order chi connectivity index (χ1) is 10.8. The van der Waals surface area contributed by atoms with E-state index in [0.717, 1.165) is 0 Å². The van der Waals surface area contributed by atoms with Crippen molar-refractivity contribution in [1.29, 1.82) is 0 Å². The Morgan fingerprint density at radius 1 is 0.727 bits per heavy atom. The SMILES string of the molecule is CC=C[SiH](N1CCN(CCC)CC1)N1CCN(CCC)CC1. The van der Waals surface area contributed by atoms with Gasteiger partial charge >= 0.3 is 0 Å². The Morgan fingerprint density at radius 2 is 1.14 bits per heavy atom. The normalized spacial score (nSPS) is 23.8. The molecule has 2 saturated heterocycles. The van der Waals surface area contributed by atoms with Crippen LogP contribution in [-0.4, -0.2) is 93.5 Å². The molecule has 0 aromatic heterocycles. The molecule has 0 unspecified atom stereocenters. The van der Waals surface area contributed by atoms with Gasteiger partial charge in [-0.1, -0.05) is 25.6 Å². The lowest BCUT2D eigenvalue weighted by Crippen LogP contribution is -2.62. The summed E-state index contributed by atoms with van der Waals surface area (Å²) in [6.07, 6.45) is 4.87. The van der Waals surface area contributed by atoms with Crippen LogP contribution >= 0.6 is 0 Å². The molecular weight excluding hydrogens is 288 g/mol. The zero-order valence-corrected chi connectivity index (χ0v) is 16.2. The van der Waals surface area contributed by atoms with Crippen molar-refractivity contribution in [2.24, 2.45) is 0 Å². The summed E-state index contributed by atoms with van der Waals surface area (Å²) in [5.74, 6) is 0. The van der Waals surface area contributed by atoms with Crippen molar-refractivity contribution < 1.29 is 0 Å². The van der Waals surface area contributed by atoms with E-state index in [4.69, 9.17) is 0 Å². The van der Waals surface area contributed by atoms with Crippen molar-refractivity contribution in [3.63, 3.8) is 0 Å². The molecule has 4 nitrogen and oxygen atoms in total. The second-order valence-corrected chi connectivity index (χ2v) is 9.37. The number of piperazine rings is 2. The minimum absolute atomic E-state index is 1.06. The Labute approximate surface area is 139 Å². The van der Waals surface area contributed by atoms with E-state index in [1.165, 1.54) is 78.3 Å². The number of hydrogen-bond donors (Lipinski definition) is 0. The highest BCUT2D eigenvalue weighted by Gasteiger charge is 2.30. The summed E-state index contributed by atoms with van der Waals surface area (Å²) in [5.41, 5.74) is 2.55. The molecule has 2 rings (SSSR count). The quantitative estimate of drug-likeness (QED) is 0.656. The summed E-state index contributed by atoms with van der Waals surface area (Å²) < 4.78 is 5.64. The molecule has 2 aliphatic heterocycles. The van der Waals surface area contributed by atoms with E-state index in [1.807, 2.05) is 0 Å². The first-order valence-electron chi connectivity index (χ1n) is 9.34. The average molecular weight is 325 g/mol. The molecule has 2 heterocycles. The van der Waals surface area contributed by atoms with Crippen molar-refractivity contribution in [3.05, 3.63) is 11.8 Å². The Hall–Kier alpha value is -0.203. The summed E-state index contributed by atoms with van der Waals surface area (Å²) in [4.78, 5) is 5.27. The number of allylic oxidation sites excluding steroid dienone is 1. The molecule has 0 radical (unpaired) electrons. The van der Waals surface area contributed by atoms with Crippen LogP contribution in [0.25, 0.3) is 0 Å². The van der Waals surface area contributed by atoms with Gasteiger partial charge in [0.05, 0.1) is 0 Å². The van der Waals surface area contributed by atoms with E-state index in [-0.39, 0.29) is 0 Å². The first-order valence-corrected chi connectivity index (χ1v) is 11.0. The van der Waals surface area contributed by atoms with Gasteiger partial charge in [0, 0.05) is 52.4 Å². The van der Waals surface area contributed by atoms with Crippen LogP contribution in [0.15, 0.2) is 11.8 Å². The van der Waals surface area contributed by atoms with E-state index in [1.54, 1.807) is 0 Å². The maximum atomic E-state index is 2.82. The van der Waals surface area contributed by atoms with Gasteiger partial charge in [0.1, 0.15) is 0 Å². The summed E-state index contributed by atoms with van der Waals surface area (Å²) in [6.45, 7) is 19.5. The Bertz CT molecular complexity index is 295. The highest BCUT2D eigenvalue weighted by Crippen LogP contribution is 2.12. The fourth-order valence-electron chi connectivity index (χ4n) is 3.78. The monoisotopic (exact) mass is 324 g/mol. The van der Waals surface area contributed by atoms with Gasteiger partial charge in [-0.25, -0.2) is 0 Å². The van der Waals surface area contributed by atoms with Gasteiger partial charge in [0.25, 0.3) is 0 Å². The standard InChI is InChI=1S/C17H36N4Si/c1-4-7-18-9-13-20(14-10-18)22(17-6-3)21-15-11-19(8-5-2)12-16-21/h6,17,22H,4-5,7-16H2,1-3H3. The molecule has 0 aromatic carbocycles. The highest BCUT2D eigenvalue weighted by atomic mass is 28.3. The molecule has 0 aromatic rings. The molecule has 0 amide bonds. The van der Waals surface area contributed by atoms with E-state index in [2.05, 4.69) is 51.5 Å². The van der Waals surface area contributed by atoms with Gasteiger partial charge < -0.3 is 18.9 Å². The van der Waals surface area contributed by atoms with Gasteiger partial charge in [-0.2, -0.15) is 0 Å². The van der Waals surface area contributed by atoms with Gasteiger partial charge in [-0.15, -0.1) is 0 Å². The number of rotatable bonds is 7. The number of nitrogens with zero attached hydrogens (tertiary/aromatic N) is 4. The third-order valence-electron chi connectivity index (χ3n) is 5.01. The molecule has 0 bridgehead atoms. The van der Waals surface area contributed by atoms with Gasteiger partial charge in [-0.05, 0) is 32.9 Å². The van der Waals surface area contributed by atoms with Crippen LogP contribution in [0.3, 0.4) is 0 Å². The Balaban J connectivity index is 1.85. The fraction of sp³-hybridized carbons (Fsp3) is 0.882. The highest BCUT2D eigenvalue weighted by molar-refractivity contribution is 6.58. The van der Waals surface area contributed by atoms with E-state index >= 15 is 0 Å². The molecule has 2 fully saturated rings. The van der Waals surface area contributed by atoms with Crippen LogP contribution in [0.5, 0.6) is 0 Å². The molecular formula is C17H36N4Si. The van der Waals surface area contributed by atoms with E-state index < -0.39 is 9.12 Å². The molecule has 22 heavy (non-hydrogen) atoms. The molecule has 128 valence electrons. The van der Waals surface area contributed by atoms with Crippen molar-refractivity contribution in [1.82, 2.24) is 18.9 Å². The summed E-state index contributed by atoms with van der Waals surface area (Å²) in [6, 6.07) is 0. The molecule has 5 heteroatoms. The lowest BCUT2D eigenvalue weighted by Gasteiger charge is -2.44. The second kappa shape index (κ2) is 9.83. The molecule has 0 N–H and O–H groups in total. The average Bonchev–Trinajstić information content (AvgIpc) is 2.55. The summed E-state index contributed by atoms with van der Waals surface area (Å²) >= 11 is 0. The van der Waals surface area contributed by atoms with Crippen molar-refractivity contribution in [2.75, 3.05) is 65.4 Å². The molecule has 0 spiro atoms. The van der Waals surface area contributed by atoms with Crippen LogP contribution in [0, 0.1) is 0 Å². The minimum atomic E-state index is -1.06. The van der Waals surface area contributed by atoms with Gasteiger partial charge in [0.2, 0.25) is 9.12 Å². The van der Waals surface area contributed by atoms with Gasteiger partial charge in [0.15, 0.2) is 0 Å². The lowest BCUT2D eigenvalue weighted by molar-refractivity contribution is 0.156. The fourth-order valence-corrected chi connectivity index (χ4v) is 6.59.